The van der Waals surface area contributed by atoms with Crippen molar-refractivity contribution in [2.75, 3.05) is 6.54 Å². The third kappa shape index (κ3) is 4.82. The molecular formula is C15H20N2O4. The summed E-state index contributed by atoms with van der Waals surface area (Å²) in [6.45, 7) is 0.637. The van der Waals surface area contributed by atoms with E-state index >= 15 is 0 Å². The highest BCUT2D eigenvalue weighted by Gasteiger charge is 2.19. The molecular weight excluding hydrogens is 272 g/mol. The van der Waals surface area contributed by atoms with Crippen molar-refractivity contribution < 1.29 is 14.8 Å². The van der Waals surface area contributed by atoms with Crippen molar-refractivity contribution in [1.29, 1.82) is 0 Å². The molecule has 1 saturated carbocycles. The van der Waals surface area contributed by atoms with Gasteiger partial charge in [0.25, 0.3) is 5.69 Å². The number of carbonyl (C=O) groups is 1. The first-order valence-electron chi connectivity index (χ1n) is 7.22. The van der Waals surface area contributed by atoms with Gasteiger partial charge in [0.05, 0.1) is 17.4 Å². The van der Waals surface area contributed by atoms with Crippen molar-refractivity contribution >= 4 is 11.6 Å². The fourth-order valence-corrected chi connectivity index (χ4v) is 2.59. The first-order valence-corrected chi connectivity index (χ1v) is 7.22. The van der Waals surface area contributed by atoms with Crippen LogP contribution in [0.25, 0.3) is 0 Å². The Morgan fingerprint density at radius 1 is 1.24 bits per heavy atom. The molecule has 0 spiro atoms. The zero-order valence-corrected chi connectivity index (χ0v) is 11.8. The van der Waals surface area contributed by atoms with Crippen molar-refractivity contribution in [3.8, 4) is 0 Å². The van der Waals surface area contributed by atoms with Crippen LogP contribution in [0.4, 0.5) is 5.69 Å². The molecule has 1 amide bonds. The van der Waals surface area contributed by atoms with Crippen molar-refractivity contribution in [3.63, 3.8) is 0 Å². The van der Waals surface area contributed by atoms with Crippen LogP contribution in [-0.4, -0.2) is 28.6 Å². The molecule has 0 aliphatic heterocycles. The third-order valence-corrected chi connectivity index (χ3v) is 3.92. The Kier molecular flexibility index (Phi) is 5.27. The average molecular weight is 292 g/mol. The molecule has 0 saturated heterocycles. The Morgan fingerprint density at radius 2 is 1.86 bits per heavy atom. The minimum absolute atomic E-state index is 0.0277. The normalized spacial score (nSPS) is 21.8. The number of nitrogens with zero attached hydrogens (tertiary/aromatic N) is 1. The molecule has 0 bridgehead atoms. The number of aliphatic hydroxyl groups is 1. The maximum absolute atomic E-state index is 11.8. The number of amides is 1. The summed E-state index contributed by atoms with van der Waals surface area (Å²) in [5, 5.41) is 22.9. The Balaban J connectivity index is 1.75. The van der Waals surface area contributed by atoms with Crippen LogP contribution in [0.2, 0.25) is 0 Å². The average Bonchev–Trinajstić information content (AvgIpc) is 2.47. The fourth-order valence-electron chi connectivity index (χ4n) is 2.59. The van der Waals surface area contributed by atoms with E-state index < -0.39 is 4.92 Å². The summed E-state index contributed by atoms with van der Waals surface area (Å²) in [6.07, 6.45) is 3.55. The number of non-ortho nitro benzene ring substituents is 1. The number of aliphatic hydroxyl groups excluding tert-OH is 1. The number of nitro groups is 1. The molecule has 0 unspecified atom stereocenters. The Hall–Kier alpha value is -1.95. The highest BCUT2D eigenvalue weighted by molar-refractivity contribution is 5.78. The number of nitro benzene ring substituents is 1. The highest BCUT2D eigenvalue weighted by atomic mass is 16.6. The molecule has 1 aliphatic rings. The quantitative estimate of drug-likeness (QED) is 0.639. The van der Waals surface area contributed by atoms with Crippen molar-refractivity contribution in [2.24, 2.45) is 5.92 Å². The molecule has 2 rings (SSSR count). The molecule has 0 atom stereocenters. The SMILES string of the molecule is O=C(Cc1ccc([N+](=O)[O-])cc1)NCC1CCC(O)CC1. The predicted molar refractivity (Wildman–Crippen MR) is 77.8 cm³/mol. The first-order chi connectivity index (χ1) is 10.0. The van der Waals surface area contributed by atoms with Gasteiger partial charge in [0.2, 0.25) is 5.91 Å². The van der Waals surface area contributed by atoms with Crippen LogP contribution in [0.3, 0.4) is 0 Å². The fraction of sp³-hybridized carbons (Fsp3) is 0.533. The van der Waals surface area contributed by atoms with Crippen molar-refractivity contribution in [2.45, 2.75) is 38.2 Å². The minimum Gasteiger partial charge on any atom is -0.393 e. The zero-order valence-electron chi connectivity index (χ0n) is 11.8. The highest BCUT2D eigenvalue weighted by Crippen LogP contribution is 2.23. The summed E-state index contributed by atoms with van der Waals surface area (Å²) in [5.41, 5.74) is 0.789. The molecule has 114 valence electrons. The Morgan fingerprint density at radius 3 is 2.43 bits per heavy atom. The minimum atomic E-state index is -0.457. The molecule has 1 aromatic carbocycles. The second-order valence-electron chi connectivity index (χ2n) is 5.58. The Labute approximate surface area is 123 Å². The summed E-state index contributed by atoms with van der Waals surface area (Å²) in [4.78, 5) is 21.9. The molecule has 0 heterocycles. The van der Waals surface area contributed by atoms with Gasteiger partial charge in [-0.25, -0.2) is 0 Å². The molecule has 1 aromatic rings. The van der Waals surface area contributed by atoms with Crippen LogP contribution in [0.1, 0.15) is 31.2 Å². The van der Waals surface area contributed by atoms with E-state index in [-0.39, 0.29) is 24.1 Å². The van der Waals surface area contributed by atoms with Gasteiger partial charge in [0, 0.05) is 18.7 Å². The standard InChI is InChI=1S/C15H20N2O4/c18-14-7-3-12(4-8-14)10-16-15(19)9-11-1-5-13(6-2-11)17(20)21/h1-2,5-6,12,14,18H,3-4,7-10H2,(H,16,19). The lowest BCUT2D eigenvalue weighted by molar-refractivity contribution is -0.384. The molecule has 21 heavy (non-hydrogen) atoms. The van der Waals surface area contributed by atoms with Crippen LogP contribution >= 0.6 is 0 Å². The number of benzene rings is 1. The molecule has 6 heteroatoms. The third-order valence-electron chi connectivity index (χ3n) is 3.92. The van der Waals surface area contributed by atoms with Crippen LogP contribution in [0.15, 0.2) is 24.3 Å². The van der Waals surface area contributed by atoms with Crippen LogP contribution in [0, 0.1) is 16.0 Å². The van der Waals surface area contributed by atoms with E-state index in [2.05, 4.69) is 5.32 Å². The number of carbonyl (C=O) groups excluding carboxylic acids is 1. The summed E-state index contributed by atoms with van der Waals surface area (Å²) in [7, 11) is 0. The van der Waals surface area contributed by atoms with E-state index in [9.17, 15) is 20.0 Å². The summed E-state index contributed by atoms with van der Waals surface area (Å²) in [5.74, 6) is 0.365. The van der Waals surface area contributed by atoms with Gasteiger partial charge >= 0.3 is 0 Å². The number of rotatable bonds is 5. The topological polar surface area (TPSA) is 92.5 Å². The van der Waals surface area contributed by atoms with Gasteiger partial charge in [-0.2, -0.15) is 0 Å². The monoisotopic (exact) mass is 292 g/mol. The van der Waals surface area contributed by atoms with Gasteiger partial charge in [-0.05, 0) is 37.2 Å². The summed E-state index contributed by atoms with van der Waals surface area (Å²) in [6, 6.07) is 6.03. The first kappa shape index (κ1) is 15.4. The molecule has 1 fully saturated rings. The molecule has 1 aliphatic carbocycles. The van der Waals surface area contributed by atoms with Gasteiger partial charge in [0.15, 0.2) is 0 Å². The van der Waals surface area contributed by atoms with Crippen LogP contribution < -0.4 is 5.32 Å². The lowest BCUT2D eigenvalue weighted by atomic mass is 9.87. The second-order valence-corrected chi connectivity index (χ2v) is 5.58. The maximum atomic E-state index is 11.8. The summed E-state index contributed by atoms with van der Waals surface area (Å²) >= 11 is 0. The molecule has 6 nitrogen and oxygen atoms in total. The largest absolute Gasteiger partial charge is 0.393 e. The van der Waals surface area contributed by atoms with Crippen LogP contribution in [-0.2, 0) is 11.2 Å². The maximum Gasteiger partial charge on any atom is 0.269 e. The van der Waals surface area contributed by atoms with E-state index in [0.29, 0.717) is 12.5 Å². The van der Waals surface area contributed by atoms with Crippen molar-refractivity contribution in [1.82, 2.24) is 5.32 Å². The van der Waals surface area contributed by atoms with Gasteiger partial charge < -0.3 is 10.4 Å². The number of hydrogen-bond donors (Lipinski definition) is 2. The van der Waals surface area contributed by atoms with Gasteiger partial charge in [0.1, 0.15) is 0 Å². The lowest BCUT2D eigenvalue weighted by Gasteiger charge is -2.25. The lowest BCUT2D eigenvalue weighted by Crippen LogP contribution is -2.33. The van der Waals surface area contributed by atoms with E-state index in [4.69, 9.17) is 0 Å². The van der Waals surface area contributed by atoms with Gasteiger partial charge in [-0.15, -0.1) is 0 Å². The molecule has 0 radical (unpaired) electrons. The number of hydrogen-bond acceptors (Lipinski definition) is 4. The van der Waals surface area contributed by atoms with E-state index in [1.165, 1.54) is 12.1 Å². The van der Waals surface area contributed by atoms with Gasteiger partial charge in [-0.1, -0.05) is 12.1 Å². The molecule has 2 N–H and O–H groups in total. The van der Waals surface area contributed by atoms with E-state index in [0.717, 1.165) is 31.2 Å². The smallest absolute Gasteiger partial charge is 0.269 e. The Bertz CT molecular complexity index is 493. The molecule has 0 aromatic heterocycles. The van der Waals surface area contributed by atoms with Gasteiger partial charge in [-0.3, -0.25) is 14.9 Å². The van der Waals surface area contributed by atoms with Crippen LogP contribution in [0.5, 0.6) is 0 Å². The van der Waals surface area contributed by atoms with E-state index in [1.54, 1.807) is 12.1 Å². The van der Waals surface area contributed by atoms with Crippen molar-refractivity contribution in [3.05, 3.63) is 39.9 Å². The predicted octanol–water partition coefficient (Wildman–Crippen LogP) is 1.80. The zero-order chi connectivity index (χ0) is 15.2. The summed E-state index contributed by atoms with van der Waals surface area (Å²) < 4.78 is 0. The number of nitrogens with one attached hydrogen (secondary N) is 1. The second kappa shape index (κ2) is 7.17. The van der Waals surface area contributed by atoms with E-state index in [1.807, 2.05) is 0 Å².